The minimum absolute atomic E-state index is 0.00816. The first-order valence-corrected chi connectivity index (χ1v) is 17.0. The molecule has 47 heavy (non-hydrogen) atoms. The minimum Gasteiger partial charge on any atom is -0.748 e. The summed E-state index contributed by atoms with van der Waals surface area (Å²) in [5.74, 6) is 0.178. The van der Waals surface area contributed by atoms with E-state index in [4.69, 9.17) is 8.94 Å². The van der Waals surface area contributed by atoms with Gasteiger partial charge in [0.15, 0.2) is 5.76 Å². The van der Waals surface area contributed by atoms with Crippen LogP contribution in [0.15, 0.2) is 118 Å². The zero-order chi connectivity index (χ0) is 33.2. The van der Waals surface area contributed by atoms with Crippen molar-refractivity contribution in [2.75, 3.05) is 12.3 Å². The third kappa shape index (κ3) is 7.70. The number of hydrogen-bond acceptors (Lipinski definition) is 7. The number of para-hydroxylation sites is 1. The molecule has 1 unspecified atom stereocenters. The van der Waals surface area contributed by atoms with Crippen LogP contribution in [0.1, 0.15) is 59.4 Å². The number of nitrogens with one attached hydrogen (secondary N) is 1. The molecule has 9 heteroatoms. The highest BCUT2D eigenvalue weighted by Gasteiger charge is 2.22. The standard InChI is InChI=1S/C38H36N2O6S/c1-38(2,3)31-17-15-26(16-18-31)32(21-25-11-13-27(14-12-25)37(41)39-19-20-47(42,43)44)33-24-36(46-40-33)29-9-6-8-28(22-29)35-23-30-7-4-5-10-34(30)45-35/h4-18,22-24,32H,19-21H2,1-3H3,(H,39,41)(H,42,43,44)/p-1. The molecule has 4 aromatic carbocycles. The second kappa shape index (κ2) is 13.0. The summed E-state index contributed by atoms with van der Waals surface area (Å²) in [6, 6.07) is 35.6. The quantitative estimate of drug-likeness (QED) is 0.151. The molecule has 1 N–H and O–H groups in total. The molecule has 0 aliphatic heterocycles. The third-order valence-electron chi connectivity index (χ3n) is 8.22. The van der Waals surface area contributed by atoms with Crippen LogP contribution < -0.4 is 5.32 Å². The molecule has 0 fully saturated rings. The number of hydrogen-bond donors (Lipinski definition) is 1. The molecule has 0 spiro atoms. The highest BCUT2D eigenvalue weighted by Crippen LogP contribution is 2.35. The van der Waals surface area contributed by atoms with E-state index in [1.807, 2.05) is 72.8 Å². The zero-order valence-electron chi connectivity index (χ0n) is 26.4. The maximum absolute atomic E-state index is 12.5. The number of fused-ring (bicyclic) bond motifs is 1. The highest BCUT2D eigenvalue weighted by atomic mass is 32.2. The van der Waals surface area contributed by atoms with E-state index >= 15 is 0 Å². The van der Waals surface area contributed by atoms with Crippen LogP contribution in [0.3, 0.4) is 0 Å². The Morgan fingerprint density at radius 2 is 1.55 bits per heavy atom. The summed E-state index contributed by atoms with van der Waals surface area (Å²) in [5.41, 5.74) is 7.08. The van der Waals surface area contributed by atoms with Gasteiger partial charge in [0.2, 0.25) is 0 Å². The molecular formula is C38H35N2O6S-. The molecule has 0 bridgehead atoms. The normalized spacial score (nSPS) is 12.7. The van der Waals surface area contributed by atoms with Crippen molar-refractivity contribution in [1.82, 2.24) is 10.5 Å². The van der Waals surface area contributed by atoms with Crippen LogP contribution in [0.25, 0.3) is 33.6 Å². The maximum Gasteiger partial charge on any atom is 0.251 e. The molecule has 1 amide bonds. The Hall–Kier alpha value is -4.99. The Balaban J connectivity index is 1.27. The average molecular weight is 648 g/mol. The van der Waals surface area contributed by atoms with Crippen LogP contribution >= 0.6 is 0 Å². The predicted octanol–water partition coefficient (Wildman–Crippen LogP) is 7.70. The van der Waals surface area contributed by atoms with Gasteiger partial charge in [-0.05, 0) is 58.9 Å². The van der Waals surface area contributed by atoms with Crippen LogP contribution in [-0.4, -0.2) is 36.3 Å². The lowest BCUT2D eigenvalue weighted by Crippen LogP contribution is -2.28. The van der Waals surface area contributed by atoms with E-state index in [1.54, 1.807) is 12.1 Å². The first-order valence-electron chi connectivity index (χ1n) is 15.4. The van der Waals surface area contributed by atoms with Gasteiger partial charge in [-0.25, -0.2) is 8.42 Å². The molecule has 0 aliphatic carbocycles. The van der Waals surface area contributed by atoms with E-state index in [1.165, 1.54) is 5.56 Å². The summed E-state index contributed by atoms with van der Waals surface area (Å²) in [6.45, 7) is 6.30. The predicted molar refractivity (Wildman–Crippen MR) is 181 cm³/mol. The molecule has 1 atom stereocenters. The summed E-state index contributed by atoms with van der Waals surface area (Å²) in [6.07, 6.45) is 0.593. The van der Waals surface area contributed by atoms with Crippen LogP contribution in [0, 0.1) is 0 Å². The first kappa shape index (κ1) is 32.0. The Morgan fingerprint density at radius 3 is 2.23 bits per heavy atom. The fraction of sp³-hybridized carbons (Fsp3) is 0.211. The summed E-state index contributed by atoms with van der Waals surface area (Å²) < 4.78 is 44.6. The van der Waals surface area contributed by atoms with Gasteiger partial charge < -0.3 is 18.8 Å². The Labute approximate surface area is 274 Å². The Kier molecular flexibility index (Phi) is 8.86. The molecular weight excluding hydrogens is 612 g/mol. The first-order chi connectivity index (χ1) is 22.4. The van der Waals surface area contributed by atoms with Crippen LogP contribution in [0.5, 0.6) is 0 Å². The van der Waals surface area contributed by atoms with Gasteiger partial charge in [-0.15, -0.1) is 0 Å². The van der Waals surface area contributed by atoms with Crippen molar-refractivity contribution in [3.63, 3.8) is 0 Å². The molecule has 240 valence electrons. The van der Waals surface area contributed by atoms with Crippen molar-refractivity contribution in [3.05, 3.63) is 137 Å². The van der Waals surface area contributed by atoms with E-state index in [0.717, 1.165) is 44.7 Å². The largest absolute Gasteiger partial charge is 0.748 e. The van der Waals surface area contributed by atoms with Gasteiger partial charge in [-0.3, -0.25) is 4.79 Å². The van der Waals surface area contributed by atoms with Gasteiger partial charge in [-0.2, -0.15) is 0 Å². The highest BCUT2D eigenvalue weighted by molar-refractivity contribution is 7.85. The lowest BCUT2D eigenvalue weighted by Gasteiger charge is -2.21. The van der Waals surface area contributed by atoms with Crippen LogP contribution in [-0.2, 0) is 22.0 Å². The molecule has 8 nitrogen and oxygen atoms in total. The number of benzene rings is 4. The number of nitrogens with zero attached hydrogens (tertiary/aromatic N) is 1. The van der Waals surface area contributed by atoms with Crippen molar-refractivity contribution >= 4 is 27.0 Å². The molecule has 0 saturated carbocycles. The van der Waals surface area contributed by atoms with Crippen molar-refractivity contribution in [2.24, 2.45) is 0 Å². The molecule has 0 aliphatic rings. The summed E-state index contributed by atoms with van der Waals surface area (Å²) in [7, 11) is -4.40. The van der Waals surface area contributed by atoms with Gasteiger partial charge in [0, 0.05) is 40.6 Å². The van der Waals surface area contributed by atoms with Gasteiger partial charge in [0.05, 0.1) is 21.6 Å². The van der Waals surface area contributed by atoms with E-state index < -0.39 is 21.8 Å². The molecule has 0 radical (unpaired) electrons. The Bertz CT molecular complexity index is 2090. The molecule has 0 saturated heterocycles. The summed E-state index contributed by atoms with van der Waals surface area (Å²) >= 11 is 0. The van der Waals surface area contributed by atoms with Crippen molar-refractivity contribution < 1.29 is 26.7 Å². The summed E-state index contributed by atoms with van der Waals surface area (Å²) in [4.78, 5) is 12.5. The van der Waals surface area contributed by atoms with Gasteiger partial charge in [0.1, 0.15) is 11.3 Å². The number of rotatable bonds is 10. The Morgan fingerprint density at radius 1 is 0.851 bits per heavy atom. The fourth-order valence-corrected chi connectivity index (χ4v) is 5.92. The number of furan rings is 1. The number of carbonyl (C=O) groups excluding carboxylic acids is 1. The molecule has 6 aromatic rings. The van der Waals surface area contributed by atoms with Gasteiger partial charge in [-0.1, -0.05) is 98.7 Å². The average Bonchev–Trinajstić information content (AvgIpc) is 3.71. The second-order valence-corrected chi connectivity index (χ2v) is 14.2. The number of carbonyl (C=O) groups is 1. The SMILES string of the molecule is CC(C)(C)c1ccc(C(Cc2ccc(C(=O)NCCS(=O)(=O)[O-])cc2)c2cc(-c3cccc(-c4cc5ccccc5o4)c3)on2)cc1. The van der Waals surface area contributed by atoms with Gasteiger partial charge in [0.25, 0.3) is 5.91 Å². The molecule has 2 aromatic heterocycles. The van der Waals surface area contributed by atoms with Crippen LogP contribution in [0.2, 0.25) is 0 Å². The van der Waals surface area contributed by atoms with E-state index in [2.05, 4.69) is 55.5 Å². The van der Waals surface area contributed by atoms with Crippen molar-refractivity contribution in [1.29, 1.82) is 0 Å². The maximum atomic E-state index is 12.5. The number of amides is 1. The van der Waals surface area contributed by atoms with E-state index in [-0.39, 0.29) is 17.9 Å². The minimum atomic E-state index is -4.40. The van der Waals surface area contributed by atoms with E-state index in [9.17, 15) is 17.8 Å². The smallest absolute Gasteiger partial charge is 0.251 e. The summed E-state index contributed by atoms with van der Waals surface area (Å²) in [5, 5.41) is 8.05. The van der Waals surface area contributed by atoms with Crippen LogP contribution in [0.4, 0.5) is 0 Å². The molecule has 6 rings (SSSR count). The second-order valence-electron chi connectivity index (χ2n) is 12.7. The van der Waals surface area contributed by atoms with E-state index in [0.29, 0.717) is 17.7 Å². The fourth-order valence-electron chi connectivity index (χ4n) is 5.57. The van der Waals surface area contributed by atoms with Gasteiger partial charge >= 0.3 is 0 Å². The molecule has 2 heterocycles. The van der Waals surface area contributed by atoms with Crippen molar-refractivity contribution in [3.8, 4) is 22.6 Å². The third-order valence-corrected chi connectivity index (χ3v) is 8.92. The zero-order valence-corrected chi connectivity index (χ0v) is 27.2. The van der Waals surface area contributed by atoms with Crippen molar-refractivity contribution in [2.45, 2.75) is 38.5 Å². The topological polar surface area (TPSA) is 125 Å². The number of aromatic nitrogens is 1. The lowest BCUT2D eigenvalue weighted by atomic mass is 9.83. The lowest BCUT2D eigenvalue weighted by molar-refractivity contribution is 0.0956. The monoisotopic (exact) mass is 647 g/mol.